The van der Waals surface area contributed by atoms with Gasteiger partial charge in [0.1, 0.15) is 0 Å². The first kappa shape index (κ1) is 44.7. The fourth-order valence-electron chi connectivity index (χ4n) is 9.09. The van der Waals surface area contributed by atoms with E-state index >= 15 is 0 Å². The Balaban J connectivity index is 0.000000251. The molecular weight excluding hydrogens is 845 g/mol. The number of fused-ring (bicyclic) bond motifs is 2. The number of amides is 2. The number of likely N-dealkylation sites (tertiary alicyclic amines) is 2. The van der Waals surface area contributed by atoms with Gasteiger partial charge in [-0.25, -0.2) is 27.8 Å². The predicted octanol–water partition coefficient (Wildman–Crippen LogP) is 8.32. The zero-order valence-corrected chi connectivity index (χ0v) is 36.8. The largest absolute Gasteiger partial charge is 0.465 e. The van der Waals surface area contributed by atoms with Gasteiger partial charge in [0, 0.05) is 50.8 Å². The van der Waals surface area contributed by atoms with E-state index in [2.05, 4.69) is 44.5 Å². The van der Waals surface area contributed by atoms with Crippen LogP contribution >= 0.6 is 0 Å². The third kappa shape index (κ3) is 10.6. The standard InChI is InChI=1S/C36H38N4O5S.C13H16N4O2/c41-35-39(33-20-10-11-21-34(33)40(35)46(44,45)32-18-8-3-9-19-32)31-22-24-38(36(42)43)30(25-31)17-12-23-37(26-28-13-4-1-5-14-28)27-29-15-6-2-7-16-29;18-13(19)17-7-5-9(6-8-17)14-12-15-10-3-1-2-4-11(10)16-12/h1-11,13-16,18-21,30-31H,12,17,22-27H2,(H,42,43);1-4,9H,5-8H2,(H,18,19)(H2,14,15,16)/t30-,31?;/m0./s1. The molecule has 65 heavy (non-hydrogen) atoms. The minimum Gasteiger partial charge on any atom is -0.465 e. The minimum atomic E-state index is -4.15. The molecule has 0 saturated carbocycles. The van der Waals surface area contributed by atoms with Gasteiger partial charge in [0.15, 0.2) is 0 Å². The average molecular weight is 899 g/mol. The van der Waals surface area contributed by atoms with Crippen LogP contribution < -0.4 is 11.0 Å². The number of rotatable bonds is 13. The van der Waals surface area contributed by atoms with Crippen LogP contribution in [0.2, 0.25) is 0 Å². The highest BCUT2D eigenvalue weighted by atomic mass is 32.2. The molecule has 9 rings (SSSR count). The first-order valence-corrected chi connectivity index (χ1v) is 23.5. The first-order valence-electron chi connectivity index (χ1n) is 22.1. The van der Waals surface area contributed by atoms with Crippen molar-refractivity contribution < 1.29 is 28.2 Å². The van der Waals surface area contributed by atoms with Crippen molar-refractivity contribution in [3.8, 4) is 0 Å². The molecule has 4 N–H and O–H groups in total. The first-order chi connectivity index (χ1) is 31.5. The molecule has 2 fully saturated rings. The number of nitrogens with zero attached hydrogens (tertiary/aromatic N) is 6. The maximum absolute atomic E-state index is 14.0. The fraction of sp³-hybridized carbons (Fsp3) is 0.306. The summed E-state index contributed by atoms with van der Waals surface area (Å²) in [6, 6.07) is 42.9. The molecule has 0 aliphatic carbocycles. The van der Waals surface area contributed by atoms with Crippen LogP contribution in [0.4, 0.5) is 15.5 Å². The van der Waals surface area contributed by atoms with Crippen molar-refractivity contribution in [1.29, 1.82) is 0 Å². The van der Waals surface area contributed by atoms with Crippen molar-refractivity contribution in [1.82, 2.24) is 33.2 Å². The normalized spacial score (nSPS) is 16.9. The van der Waals surface area contributed by atoms with E-state index in [4.69, 9.17) is 5.11 Å². The second kappa shape index (κ2) is 20.3. The maximum Gasteiger partial charge on any atom is 0.407 e. The number of H-pyrrole nitrogens is 1. The van der Waals surface area contributed by atoms with Crippen LogP contribution in [0, 0.1) is 0 Å². The number of aromatic amines is 1. The number of para-hydroxylation sites is 4. The number of aromatic nitrogens is 4. The lowest BCUT2D eigenvalue weighted by atomic mass is 9.93. The smallest absolute Gasteiger partial charge is 0.407 e. The Hall–Kier alpha value is -6.91. The molecule has 2 aliphatic rings. The van der Waals surface area contributed by atoms with E-state index < -0.39 is 27.9 Å². The van der Waals surface area contributed by atoms with Crippen LogP contribution in [0.25, 0.3) is 22.1 Å². The third-order valence-corrected chi connectivity index (χ3v) is 14.0. The lowest BCUT2D eigenvalue weighted by molar-refractivity contribution is 0.0853. The van der Waals surface area contributed by atoms with Gasteiger partial charge in [0.05, 0.1) is 27.0 Å². The molecule has 338 valence electrons. The van der Waals surface area contributed by atoms with Gasteiger partial charge in [-0.1, -0.05) is 103 Å². The van der Waals surface area contributed by atoms with Gasteiger partial charge in [0.2, 0.25) is 5.95 Å². The van der Waals surface area contributed by atoms with Gasteiger partial charge in [-0.05, 0) is 92.6 Å². The number of hydrogen-bond acceptors (Lipinski definition) is 8. The van der Waals surface area contributed by atoms with Crippen LogP contribution in [-0.2, 0) is 23.1 Å². The summed E-state index contributed by atoms with van der Waals surface area (Å²) < 4.78 is 29.9. The second-order valence-corrected chi connectivity index (χ2v) is 18.4. The average Bonchev–Trinajstić information content (AvgIpc) is 3.87. The van der Waals surface area contributed by atoms with E-state index in [9.17, 15) is 27.9 Å². The van der Waals surface area contributed by atoms with Gasteiger partial charge in [0.25, 0.3) is 10.0 Å². The Bertz CT molecular complexity index is 2790. The van der Waals surface area contributed by atoms with Gasteiger partial charge in [-0.2, -0.15) is 3.97 Å². The van der Waals surface area contributed by atoms with Crippen LogP contribution in [0.1, 0.15) is 55.7 Å². The Morgan fingerprint density at radius 1 is 0.723 bits per heavy atom. The molecule has 15 nitrogen and oxygen atoms in total. The minimum absolute atomic E-state index is 0.0362. The number of carbonyl (C=O) groups is 2. The summed E-state index contributed by atoms with van der Waals surface area (Å²) >= 11 is 0. The number of piperidine rings is 2. The molecule has 1 unspecified atom stereocenters. The topological polar surface area (TPSA) is 186 Å². The maximum atomic E-state index is 14.0. The highest BCUT2D eigenvalue weighted by molar-refractivity contribution is 7.90. The van der Waals surface area contributed by atoms with Crippen molar-refractivity contribution in [2.75, 3.05) is 31.5 Å². The summed E-state index contributed by atoms with van der Waals surface area (Å²) in [4.78, 5) is 50.2. The molecular formula is C49H54N8O7S. The summed E-state index contributed by atoms with van der Waals surface area (Å²) in [7, 11) is -4.15. The Kier molecular flexibility index (Phi) is 13.9. The lowest BCUT2D eigenvalue weighted by Crippen LogP contribution is -2.47. The molecule has 0 radical (unpaired) electrons. The summed E-state index contributed by atoms with van der Waals surface area (Å²) in [6.07, 6.45) is 2.03. The van der Waals surface area contributed by atoms with Crippen molar-refractivity contribution >= 4 is 50.2 Å². The zero-order valence-electron chi connectivity index (χ0n) is 36.0. The molecule has 0 bridgehead atoms. The molecule has 2 aliphatic heterocycles. The second-order valence-electron chi connectivity index (χ2n) is 16.6. The van der Waals surface area contributed by atoms with E-state index in [-0.39, 0.29) is 29.6 Å². The monoisotopic (exact) mass is 898 g/mol. The van der Waals surface area contributed by atoms with E-state index in [1.165, 1.54) is 33.1 Å². The van der Waals surface area contributed by atoms with Crippen LogP contribution in [0.3, 0.4) is 0 Å². The van der Waals surface area contributed by atoms with Gasteiger partial charge in [-0.3, -0.25) is 9.47 Å². The van der Waals surface area contributed by atoms with Crippen molar-refractivity contribution in [2.24, 2.45) is 0 Å². The van der Waals surface area contributed by atoms with Gasteiger partial charge in [-0.15, -0.1) is 0 Å². The van der Waals surface area contributed by atoms with Crippen molar-refractivity contribution in [2.45, 2.75) is 74.6 Å². The summed E-state index contributed by atoms with van der Waals surface area (Å²) in [6.45, 7) is 3.74. The number of hydrogen-bond donors (Lipinski definition) is 4. The number of imidazole rings is 2. The van der Waals surface area contributed by atoms with Crippen LogP contribution in [-0.4, -0.2) is 102 Å². The van der Waals surface area contributed by atoms with Crippen LogP contribution in [0.5, 0.6) is 0 Å². The van der Waals surface area contributed by atoms with Gasteiger partial charge < -0.3 is 30.3 Å². The molecule has 7 aromatic rings. The van der Waals surface area contributed by atoms with E-state index in [1.807, 2.05) is 60.7 Å². The molecule has 2 saturated heterocycles. The predicted molar refractivity (Wildman–Crippen MR) is 251 cm³/mol. The molecule has 4 heterocycles. The van der Waals surface area contributed by atoms with Crippen molar-refractivity contribution in [3.05, 3.63) is 161 Å². The lowest BCUT2D eigenvalue weighted by Gasteiger charge is -2.38. The molecule has 2 amide bonds. The summed E-state index contributed by atoms with van der Waals surface area (Å²) in [5.74, 6) is 0.759. The summed E-state index contributed by atoms with van der Waals surface area (Å²) in [5.41, 5.74) is 4.58. The fourth-order valence-corrected chi connectivity index (χ4v) is 10.5. The number of nitrogens with one attached hydrogen (secondary N) is 2. The van der Waals surface area contributed by atoms with E-state index in [0.29, 0.717) is 43.4 Å². The molecule has 2 aromatic heterocycles. The number of carboxylic acid groups (broad SMARTS) is 2. The highest BCUT2D eigenvalue weighted by Crippen LogP contribution is 2.32. The Morgan fingerprint density at radius 2 is 1.31 bits per heavy atom. The quantitative estimate of drug-likeness (QED) is 0.0877. The SMILES string of the molecule is O=C(O)N1CCC(Nc2nc3ccccc3[nH]2)CC1.O=C(O)N1CCC(n2c(=O)n(S(=O)(=O)c3ccccc3)c3ccccc32)C[C@@H]1CCCN(Cc1ccccc1)Cc1ccccc1. The van der Waals surface area contributed by atoms with Gasteiger partial charge >= 0.3 is 17.9 Å². The molecule has 5 aromatic carbocycles. The molecule has 16 heteroatoms. The zero-order chi connectivity index (χ0) is 45.3. The van der Waals surface area contributed by atoms with E-state index in [0.717, 1.165) is 59.9 Å². The third-order valence-electron chi connectivity index (χ3n) is 12.3. The Labute approximate surface area is 377 Å². The van der Waals surface area contributed by atoms with E-state index in [1.54, 1.807) is 47.0 Å². The highest BCUT2D eigenvalue weighted by Gasteiger charge is 2.35. The Morgan fingerprint density at radius 3 is 1.92 bits per heavy atom. The number of anilines is 1. The number of benzene rings is 5. The summed E-state index contributed by atoms with van der Waals surface area (Å²) in [5, 5.41) is 22.3. The van der Waals surface area contributed by atoms with Crippen LogP contribution in [0.15, 0.2) is 149 Å². The molecule has 2 atom stereocenters. The molecule has 0 spiro atoms. The van der Waals surface area contributed by atoms with Crippen molar-refractivity contribution in [3.63, 3.8) is 0 Å².